The van der Waals surface area contributed by atoms with Gasteiger partial charge in [-0.3, -0.25) is 9.59 Å². The van der Waals surface area contributed by atoms with Crippen LogP contribution in [0.1, 0.15) is 32.5 Å². The number of methoxy groups -OCH3 is 2. The third-order valence-electron chi connectivity index (χ3n) is 4.28. The van der Waals surface area contributed by atoms with Crippen LogP contribution in [0.5, 0.6) is 11.5 Å². The molecule has 8 heteroatoms. The summed E-state index contributed by atoms with van der Waals surface area (Å²) in [7, 11) is 3.04. The number of amides is 2. The molecule has 0 spiro atoms. The zero-order valence-electron chi connectivity index (χ0n) is 16.8. The van der Waals surface area contributed by atoms with E-state index in [2.05, 4.69) is 15.8 Å². The lowest BCUT2D eigenvalue weighted by molar-refractivity contribution is 0.0953. The van der Waals surface area contributed by atoms with Gasteiger partial charge in [0.2, 0.25) is 0 Å². The first-order valence-corrected chi connectivity index (χ1v) is 9.91. The van der Waals surface area contributed by atoms with Gasteiger partial charge in [-0.2, -0.15) is 5.10 Å². The van der Waals surface area contributed by atoms with Crippen molar-refractivity contribution in [3.05, 3.63) is 76.0 Å². The second-order valence-corrected chi connectivity index (χ2v) is 7.16. The van der Waals surface area contributed by atoms with Crippen LogP contribution in [0.3, 0.4) is 0 Å². The number of hydrogen-bond acceptors (Lipinski definition) is 6. The fourth-order valence-electron chi connectivity index (χ4n) is 2.64. The minimum atomic E-state index is -0.366. The third-order valence-corrected chi connectivity index (χ3v) is 5.15. The number of carbonyl (C=O) groups is 2. The van der Waals surface area contributed by atoms with Crippen molar-refractivity contribution < 1.29 is 19.1 Å². The van der Waals surface area contributed by atoms with E-state index in [1.165, 1.54) is 25.6 Å². The molecule has 1 heterocycles. The molecule has 0 bridgehead atoms. The molecule has 3 rings (SSSR count). The average molecular weight is 423 g/mol. The van der Waals surface area contributed by atoms with Gasteiger partial charge in [-0.05, 0) is 54.3 Å². The molecule has 2 amide bonds. The number of hydrogen-bond donors (Lipinski definition) is 2. The molecule has 0 aliphatic rings. The van der Waals surface area contributed by atoms with Gasteiger partial charge >= 0.3 is 0 Å². The second-order valence-electron chi connectivity index (χ2n) is 6.22. The van der Waals surface area contributed by atoms with Crippen molar-refractivity contribution in [1.29, 1.82) is 0 Å². The number of nitrogens with zero attached hydrogens (tertiary/aromatic N) is 1. The lowest BCUT2D eigenvalue weighted by Crippen LogP contribution is -2.19. The molecule has 0 aliphatic heterocycles. The predicted octanol–water partition coefficient (Wildman–Crippen LogP) is 4.17. The van der Waals surface area contributed by atoms with Gasteiger partial charge in [-0.1, -0.05) is 18.2 Å². The predicted molar refractivity (Wildman–Crippen MR) is 118 cm³/mol. The van der Waals surface area contributed by atoms with E-state index in [1.54, 1.807) is 43.3 Å². The van der Waals surface area contributed by atoms with E-state index in [-0.39, 0.29) is 11.8 Å². The van der Waals surface area contributed by atoms with Crippen LogP contribution in [0.4, 0.5) is 5.69 Å². The highest BCUT2D eigenvalue weighted by Crippen LogP contribution is 2.27. The van der Waals surface area contributed by atoms with Gasteiger partial charge in [0.25, 0.3) is 11.8 Å². The van der Waals surface area contributed by atoms with Gasteiger partial charge in [0, 0.05) is 11.3 Å². The number of anilines is 1. The van der Waals surface area contributed by atoms with Gasteiger partial charge in [-0.25, -0.2) is 5.43 Å². The summed E-state index contributed by atoms with van der Waals surface area (Å²) < 4.78 is 10.4. The van der Waals surface area contributed by atoms with Gasteiger partial charge in [0.05, 0.1) is 24.8 Å². The van der Waals surface area contributed by atoms with E-state index in [4.69, 9.17) is 9.47 Å². The first-order chi connectivity index (χ1) is 14.5. The minimum Gasteiger partial charge on any atom is -0.493 e. The first kappa shape index (κ1) is 21.1. The van der Waals surface area contributed by atoms with Crippen molar-refractivity contribution >= 4 is 34.6 Å². The molecule has 2 N–H and O–H groups in total. The molecule has 0 atom stereocenters. The SMILES string of the molecule is COc1ccc(C(=O)N/N=C(\C)c2ccc(NC(=O)c3cccs3)cc2)cc1OC. The summed E-state index contributed by atoms with van der Waals surface area (Å²) in [5.74, 6) is 0.492. The molecular formula is C22H21N3O4S. The number of benzene rings is 2. The molecule has 3 aromatic rings. The molecule has 0 aliphatic carbocycles. The van der Waals surface area contributed by atoms with Crippen LogP contribution in [-0.2, 0) is 0 Å². The number of carbonyl (C=O) groups excluding carboxylic acids is 2. The van der Waals surface area contributed by atoms with E-state index < -0.39 is 0 Å². The zero-order chi connectivity index (χ0) is 21.5. The Morgan fingerprint density at radius 1 is 0.900 bits per heavy atom. The summed E-state index contributed by atoms with van der Waals surface area (Å²) in [6, 6.07) is 15.7. The molecule has 0 saturated heterocycles. The van der Waals surface area contributed by atoms with Crippen LogP contribution in [0, 0.1) is 0 Å². The molecule has 154 valence electrons. The monoisotopic (exact) mass is 423 g/mol. The van der Waals surface area contributed by atoms with E-state index >= 15 is 0 Å². The number of hydrazone groups is 1. The van der Waals surface area contributed by atoms with Crippen molar-refractivity contribution in [3.63, 3.8) is 0 Å². The molecule has 30 heavy (non-hydrogen) atoms. The topological polar surface area (TPSA) is 89.0 Å². The molecule has 1 aromatic heterocycles. The molecule has 0 radical (unpaired) electrons. The standard InChI is InChI=1S/C22H21N3O4S/c1-14(24-25-21(26)16-8-11-18(28-2)19(13-16)29-3)15-6-9-17(10-7-15)23-22(27)20-5-4-12-30-20/h4-13H,1-3H3,(H,23,27)(H,25,26)/b24-14+. The number of ether oxygens (including phenoxy) is 2. The highest BCUT2D eigenvalue weighted by atomic mass is 32.1. The van der Waals surface area contributed by atoms with Crippen LogP contribution in [0.25, 0.3) is 0 Å². The van der Waals surface area contributed by atoms with Crippen LogP contribution >= 0.6 is 11.3 Å². The first-order valence-electron chi connectivity index (χ1n) is 9.03. The maximum absolute atomic E-state index is 12.4. The van der Waals surface area contributed by atoms with Crippen LogP contribution in [-0.4, -0.2) is 31.7 Å². The van der Waals surface area contributed by atoms with Crippen molar-refractivity contribution in [1.82, 2.24) is 5.43 Å². The average Bonchev–Trinajstić information content (AvgIpc) is 3.32. The van der Waals surface area contributed by atoms with Crippen LogP contribution in [0.15, 0.2) is 65.1 Å². The maximum atomic E-state index is 12.4. The fourth-order valence-corrected chi connectivity index (χ4v) is 3.26. The number of thiophene rings is 1. The largest absolute Gasteiger partial charge is 0.493 e. The Balaban J connectivity index is 1.64. The Morgan fingerprint density at radius 3 is 2.23 bits per heavy atom. The second kappa shape index (κ2) is 9.71. The maximum Gasteiger partial charge on any atom is 0.271 e. The molecular weight excluding hydrogens is 402 g/mol. The highest BCUT2D eigenvalue weighted by Gasteiger charge is 2.11. The van der Waals surface area contributed by atoms with Crippen LogP contribution in [0.2, 0.25) is 0 Å². The lowest BCUT2D eigenvalue weighted by atomic mass is 10.1. The van der Waals surface area contributed by atoms with Crippen molar-refractivity contribution in [2.45, 2.75) is 6.92 Å². The number of nitrogens with one attached hydrogen (secondary N) is 2. The van der Waals surface area contributed by atoms with Crippen molar-refractivity contribution in [3.8, 4) is 11.5 Å². The van der Waals surface area contributed by atoms with Gasteiger partial charge in [0.15, 0.2) is 11.5 Å². The molecule has 0 saturated carbocycles. The summed E-state index contributed by atoms with van der Waals surface area (Å²) in [5.41, 5.74) is 5.06. The Hall–Kier alpha value is -3.65. The summed E-state index contributed by atoms with van der Waals surface area (Å²) >= 11 is 1.38. The molecule has 0 unspecified atom stereocenters. The van der Waals surface area contributed by atoms with Crippen molar-refractivity contribution in [2.24, 2.45) is 5.10 Å². The van der Waals surface area contributed by atoms with E-state index in [0.29, 0.717) is 33.3 Å². The summed E-state index contributed by atoms with van der Waals surface area (Å²) in [6.45, 7) is 1.79. The van der Waals surface area contributed by atoms with E-state index in [9.17, 15) is 9.59 Å². The highest BCUT2D eigenvalue weighted by molar-refractivity contribution is 7.12. The third kappa shape index (κ3) is 5.03. The van der Waals surface area contributed by atoms with Crippen molar-refractivity contribution in [2.75, 3.05) is 19.5 Å². The van der Waals surface area contributed by atoms with Gasteiger partial charge < -0.3 is 14.8 Å². The normalized spacial score (nSPS) is 11.0. The summed E-state index contributed by atoms with van der Waals surface area (Å²) in [5, 5.41) is 8.86. The molecule has 2 aromatic carbocycles. The zero-order valence-corrected chi connectivity index (χ0v) is 17.6. The Kier molecular flexibility index (Phi) is 6.82. The fraction of sp³-hybridized carbons (Fsp3) is 0.136. The van der Waals surface area contributed by atoms with E-state index in [1.807, 2.05) is 23.6 Å². The molecule has 0 fully saturated rings. The smallest absolute Gasteiger partial charge is 0.271 e. The Morgan fingerprint density at radius 2 is 1.60 bits per heavy atom. The van der Waals surface area contributed by atoms with E-state index in [0.717, 1.165) is 5.56 Å². The van der Waals surface area contributed by atoms with Gasteiger partial charge in [0.1, 0.15) is 0 Å². The molecule has 7 nitrogen and oxygen atoms in total. The van der Waals surface area contributed by atoms with Crippen LogP contribution < -0.4 is 20.2 Å². The quantitative estimate of drug-likeness (QED) is 0.441. The summed E-state index contributed by atoms with van der Waals surface area (Å²) in [6.07, 6.45) is 0. The Bertz CT molecular complexity index is 1060. The summed E-state index contributed by atoms with van der Waals surface area (Å²) in [4.78, 5) is 25.1. The van der Waals surface area contributed by atoms with Gasteiger partial charge in [-0.15, -0.1) is 11.3 Å². The minimum absolute atomic E-state index is 0.148. The Labute approximate surface area is 178 Å². The number of rotatable bonds is 7. The lowest BCUT2D eigenvalue weighted by Gasteiger charge is -2.09.